The van der Waals surface area contributed by atoms with Gasteiger partial charge in [0.05, 0.1) is 0 Å². The third-order valence-corrected chi connectivity index (χ3v) is 2.37. The van der Waals surface area contributed by atoms with Gasteiger partial charge in [0.25, 0.3) is 5.91 Å². The Bertz CT molecular complexity index is 376. The predicted octanol–water partition coefficient (Wildman–Crippen LogP) is 1.82. The van der Waals surface area contributed by atoms with Gasteiger partial charge < -0.3 is 11.1 Å². The Morgan fingerprint density at radius 1 is 1.41 bits per heavy atom. The summed E-state index contributed by atoms with van der Waals surface area (Å²) in [5, 5.41) is 2.42. The highest BCUT2D eigenvalue weighted by Gasteiger charge is 2.17. The molecule has 3 nitrogen and oxygen atoms in total. The Morgan fingerprint density at radius 2 is 2.00 bits per heavy atom. The number of halogens is 2. The molecule has 0 aliphatic carbocycles. The van der Waals surface area contributed by atoms with E-state index in [2.05, 4.69) is 5.32 Å². The van der Waals surface area contributed by atoms with Crippen LogP contribution in [0.2, 0.25) is 0 Å². The van der Waals surface area contributed by atoms with E-state index < -0.39 is 23.1 Å². The van der Waals surface area contributed by atoms with Crippen molar-refractivity contribution in [2.24, 2.45) is 5.73 Å². The van der Waals surface area contributed by atoms with Gasteiger partial charge in [-0.3, -0.25) is 4.79 Å². The van der Waals surface area contributed by atoms with E-state index in [1.165, 1.54) is 6.07 Å². The lowest BCUT2D eigenvalue weighted by molar-refractivity contribution is 0.0942. The van der Waals surface area contributed by atoms with E-state index in [4.69, 9.17) is 5.73 Å². The molecular weight excluding hydrogens is 226 g/mol. The lowest BCUT2D eigenvalue weighted by Gasteiger charge is -2.12. The van der Waals surface area contributed by atoms with E-state index in [1.807, 2.05) is 6.92 Å². The molecule has 1 rings (SSSR count). The van der Waals surface area contributed by atoms with E-state index in [1.54, 1.807) is 0 Å². The highest BCUT2D eigenvalue weighted by atomic mass is 19.1. The predicted molar refractivity (Wildman–Crippen MR) is 61.6 cm³/mol. The van der Waals surface area contributed by atoms with Crippen molar-refractivity contribution >= 4 is 5.91 Å². The molecule has 0 spiro atoms. The Kier molecular flexibility index (Phi) is 5.03. The Morgan fingerprint density at radius 3 is 2.53 bits per heavy atom. The van der Waals surface area contributed by atoms with Crippen LogP contribution in [0.5, 0.6) is 0 Å². The summed E-state index contributed by atoms with van der Waals surface area (Å²) in [4.78, 5) is 11.5. The van der Waals surface area contributed by atoms with Crippen molar-refractivity contribution in [3.05, 3.63) is 35.4 Å². The molecule has 1 aromatic rings. The maximum Gasteiger partial charge on any atom is 0.257 e. The van der Waals surface area contributed by atoms with Gasteiger partial charge in [0.2, 0.25) is 0 Å². The molecule has 0 aliphatic heterocycles. The molecule has 0 aromatic heterocycles. The van der Waals surface area contributed by atoms with Crippen LogP contribution in [0.1, 0.15) is 30.1 Å². The third kappa shape index (κ3) is 3.78. The van der Waals surface area contributed by atoms with Gasteiger partial charge >= 0.3 is 0 Å². The minimum Gasteiger partial charge on any atom is -0.350 e. The van der Waals surface area contributed by atoms with Gasteiger partial charge in [-0.15, -0.1) is 0 Å². The summed E-state index contributed by atoms with van der Waals surface area (Å²) >= 11 is 0. The quantitative estimate of drug-likeness (QED) is 0.827. The molecule has 0 heterocycles. The molecule has 0 radical (unpaired) electrons. The van der Waals surface area contributed by atoms with Gasteiger partial charge in [-0.1, -0.05) is 19.4 Å². The first kappa shape index (κ1) is 13.6. The van der Waals surface area contributed by atoms with E-state index in [9.17, 15) is 13.6 Å². The van der Waals surface area contributed by atoms with Crippen LogP contribution < -0.4 is 11.1 Å². The maximum absolute atomic E-state index is 13.2. The molecule has 1 atom stereocenters. The maximum atomic E-state index is 13.2. The summed E-state index contributed by atoms with van der Waals surface area (Å²) in [7, 11) is 0. The average Bonchev–Trinajstić information content (AvgIpc) is 2.26. The van der Waals surface area contributed by atoms with E-state index in [0.717, 1.165) is 25.0 Å². The van der Waals surface area contributed by atoms with E-state index >= 15 is 0 Å². The fourth-order valence-electron chi connectivity index (χ4n) is 1.50. The summed E-state index contributed by atoms with van der Waals surface area (Å²) < 4.78 is 26.5. The zero-order valence-corrected chi connectivity index (χ0v) is 9.67. The monoisotopic (exact) mass is 242 g/mol. The van der Waals surface area contributed by atoms with Crippen molar-refractivity contribution in [1.82, 2.24) is 5.32 Å². The van der Waals surface area contributed by atoms with Gasteiger partial charge in [-0.2, -0.15) is 0 Å². The largest absolute Gasteiger partial charge is 0.350 e. The van der Waals surface area contributed by atoms with Crippen LogP contribution in [-0.2, 0) is 0 Å². The Labute approximate surface area is 99.0 Å². The molecule has 0 fully saturated rings. The van der Waals surface area contributed by atoms with Crippen molar-refractivity contribution in [2.75, 3.05) is 6.54 Å². The van der Waals surface area contributed by atoms with Crippen molar-refractivity contribution in [3.63, 3.8) is 0 Å². The molecule has 0 bridgehead atoms. The van der Waals surface area contributed by atoms with Crippen LogP contribution in [0.15, 0.2) is 18.2 Å². The van der Waals surface area contributed by atoms with Gasteiger partial charge in [-0.25, -0.2) is 8.78 Å². The van der Waals surface area contributed by atoms with Gasteiger partial charge in [0.15, 0.2) is 0 Å². The smallest absolute Gasteiger partial charge is 0.257 e. The summed E-state index contributed by atoms with van der Waals surface area (Å²) in [6.45, 7) is 2.18. The lowest BCUT2D eigenvalue weighted by atomic mass is 10.1. The lowest BCUT2D eigenvalue weighted by Crippen LogP contribution is -2.37. The first-order valence-corrected chi connectivity index (χ1v) is 5.54. The number of amides is 1. The fourth-order valence-corrected chi connectivity index (χ4v) is 1.50. The normalized spacial score (nSPS) is 12.2. The van der Waals surface area contributed by atoms with Crippen LogP contribution in [0, 0.1) is 11.6 Å². The molecular formula is C12H16F2N2O. The number of benzene rings is 1. The summed E-state index contributed by atoms with van der Waals surface area (Å²) in [5.74, 6) is -2.51. The van der Waals surface area contributed by atoms with Gasteiger partial charge in [0.1, 0.15) is 17.2 Å². The molecule has 17 heavy (non-hydrogen) atoms. The Hall–Kier alpha value is -1.49. The topological polar surface area (TPSA) is 55.1 Å². The second-order valence-corrected chi connectivity index (χ2v) is 3.86. The zero-order valence-electron chi connectivity index (χ0n) is 9.67. The van der Waals surface area contributed by atoms with Crippen molar-refractivity contribution in [1.29, 1.82) is 0 Å². The number of rotatable bonds is 5. The molecule has 0 saturated carbocycles. The third-order valence-electron chi connectivity index (χ3n) is 2.37. The van der Waals surface area contributed by atoms with Crippen LogP contribution in [0.3, 0.4) is 0 Å². The second-order valence-electron chi connectivity index (χ2n) is 3.86. The first-order chi connectivity index (χ1) is 8.06. The highest BCUT2D eigenvalue weighted by molar-refractivity contribution is 5.94. The van der Waals surface area contributed by atoms with Gasteiger partial charge in [0, 0.05) is 12.6 Å². The molecule has 0 saturated heterocycles. The van der Waals surface area contributed by atoms with Crippen molar-refractivity contribution in [3.8, 4) is 0 Å². The number of nitrogens with two attached hydrogens (primary N) is 1. The first-order valence-electron chi connectivity index (χ1n) is 5.54. The average molecular weight is 242 g/mol. The number of nitrogens with one attached hydrogen (secondary N) is 1. The van der Waals surface area contributed by atoms with E-state index in [0.29, 0.717) is 0 Å². The molecule has 94 valence electrons. The van der Waals surface area contributed by atoms with Gasteiger partial charge in [-0.05, 0) is 18.6 Å². The summed E-state index contributed by atoms with van der Waals surface area (Å²) in [6.07, 6.45) is 1.64. The number of hydrogen-bond donors (Lipinski definition) is 2. The zero-order chi connectivity index (χ0) is 12.8. The molecule has 3 N–H and O–H groups in total. The number of hydrogen-bond acceptors (Lipinski definition) is 2. The van der Waals surface area contributed by atoms with Crippen LogP contribution >= 0.6 is 0 Å². The van der Waals surface area contributed by atoms with Crippen LogP contribution in [-0.4, -0.2) is 18.5 Å². The molecule has 0 aliphatic rings. The minimum atomic E-state index is -0.869. The van der Waals surface area contributed by atoms with Crippen molar-refractivity contribution in [2.45, 2.75) is 25.8 Å². The minimum absolute atomic E-state index is 0.196. The summed E-state index contributed by atoms with van der Waals surface area (Å²) in [5.41, 5.74) is 5.13. The number of carbonyl (C=O) groups excluding carboxylic acids is 1. The molecule has 1 aromatic carbocycles. The van der Waals surface area contributed by atoms with Crippen LogP contribution in [0.25, 0.3) is 0 Å². The Balaban J connectivity index is 2.64. The van der Waals surface area contributed by atoms with E-state index in [-0.39, 0.29) is 12.6 Å². The standard InChI is InChI=1S/C12H16F2N2O/c1-2-4-8(15)7-16-12(17)11-9(13)5-3-6-10(11)14/h3,5-6,8H,2,4,7,15H2,1H3,(H,16,17). The molecule has 1 unspecified atom stereocenters. The number of carbonyl (C=O) groups is 1. The molecule has 5 heteroatoms. The van der Waals surface area contributed by atoms with Crippen LogP contribution in [0.4, 0.5) is 8.78 Å². The SMILES string of the molecule is CCCC(N)CNC(=O)c1c(F)cccc1F. The second kappa shape index (κ2) is 6.30. The summed E-state index contributed by atoms with van der Waals surface area (Å²) in [6, 6.07) is 3.11. The highest BCUT2D eigenvalue weighted by Crippen LogP contribution is 2.11. The molecule has 1 amide bonds. The van der Waals surface area contributed by atoms with Crippen molar-refractivity contribution < 1.29 is 13.6 Å². The fraction of sp³-hybridized carbons (Fsp3) is 0.417.